The van der Waals surface area contributed by atoms with Crippen LogP contribution < -0.4 is 20.6 Å². The third kappa shape index (κ3) is 8.79. The molecule has 0 spiro atoms. The van der Waals surface area contributed by atoms with Crippen LogP contribution in [0.4, 0.5) is 10.5 Å². The van der Waals surface area contributed by atoms with Crippen LogP contribution in [0.5, 0.6) is 0 Å². The van der Waals surface area contributed by atoms with Gasteiger partial charge in [0.15, 0.2) is 8.32 Å². The van der Waals surface area contributed by atoms with Gasteiger partial charge in [0.25, 0.3) is 10.0 Å². The van der Waals surface area contributed by atoms with Crippen molar-refractivity contribution < 1.29 is 46.6 Å². The van der Waals surface area contributed by atoms with E-state index in [1.165, 1.54) is 17.9 Å². The van der Waals surface area contributed by atoms with Crippen LogP contribution in [0, 0.1) is 11.8 Å². The maximum atomic E-state index is 15.1. The minimum absolute atomic E-state index is 0.0115. The summed E-state index contributed by atoms with van der Waals surface area (Å²) in [6, 6.07) is 36.5. The molecule has 7 rings (SSSR count). The van der Waals surface area contributed by atoms with Crippen molar-refractivity contribution in [1.29, 1.82) is 0 Å². The lowest BCUT2D eigenvalue weighted by molar-refractivity contribution is -0.162. The number of sulfonamides is 1. The number of ether oxygens (including phenoxy) is 2. The number of aliphatic carboxylic acids is 1. The molecule has 0 bridgehead atoms. The standard InChI is InChI=1S/C51H57N2O10PSSi/c1-7-30-61-51(58)63-35(6)44-46(53(48(44)55)49(50(56)57)64(38-21-14-11-15-22-38,39-23-16-12-17-24-39)40-25-18-13-19-26-40)34(5)43(54)33-37-32-36(29-31-62-66(8-2,9-3)10-4)41-27-20-28-42-45(41)47(37)65(59,60)52-42/h7,11-28,32,34-35,44,46,52H,1,8-10,29-31,33H2,2-6H3,(H,56,57)/t34-,35+,44+,46+/m0/s1. The first-order chi connectivity index (χ1) is 31.7. The van der Waals surface area contributed by atoms with Crippen molar-refractivity contribution >= 4 is 86.8 Å². The van der Waals surface area contributed by atoms with E-state index < -0.39 is 73.0 Å². The number of hydrogen-bond acceptors (Lipinski definition) is 9. The van der Waals surface area contributed by atoms with Crippen molar-refractivity contribution in [2.75, 3.05) is 17.9 Å². The summed E-state index contributed by atoms with van der Waals surface area (Å²) >= 11 is 0. The van der Waals surface area contributed by atoms with E-state index in [9.17, 15) is 23.1 Å². The van der Waals surface area contributed by atoms with Gasteiger partial charge in [0.2, 0.25) is 5.91 Å². The lowest BCUT2D eigenvalue weighted by Crippen LogP contribution is -2.71. The molecule has 0 radical (unpaired) electrons. The van der Waals surface area contributed by atoms with Crippen LogP contribution in [0.25, 0.3) is 10.8 Å². The molecule has 1 amide bonds. The number of likely N-dealkylation sites (tertiary alicyclic amines) is 1. The van der Waals surface area contributed by atoms with Crippen molar-refractivity contribution in [1.82, 2.24) is 4.90 Å². The molecule has 2 N–H and O–H groups in total. The average molecular weight is 949 g/mol. The molecule has 2 aliphatic heterocycles. The van der Waals surface area contributed by atoms with Gasteiger partial charge in [-0.2, -0.15) is 0 Å². The summed E-state index contributed by atoms with van der Waals surface area (Å²) in [5.41, 5.74) is 1.32. The molecule has 5 aromatic carbocycles. The van der Waals surface area contributed by atoms with Gasteiger partial charge in [-0.25, -0.2) is 18.0 Å². The molecule has 1 saturated heterocycles. The number of carboxylic acids is 1. The number of carbonyl (C=O) groups excluding carboxylic acids is 3. The number of β-lactam (4-membered cyclic amide) rings is 1. The van der Waals surface area contributed by atoms with Crippen molar-refractivity contribution in [3.63, 3.8) is 0 Å². The normalized spacial score (nSPS) is 17.3. The number of benzene rings is 5. The highest BCUT2D eigenvalue weighted by atomic mass is 32.2. The zero-order valence-corrected chi connectivity index (χ0v) is 40.6. The Morgan fingerprint density at radius 3 is 1.92 bits per heavy atom. The summed E-state index contributed by atoms with van der Waals surface area (Å²) in [6.45, 7) is 9.99. The predicted molar refractivity (Wildman–Crippen MR) is 263 cm³/mol. The monoisotopic (exact) mass is 948 g/mol. The van der Waals surface area contributed by atoms with Crippen LogP contribution in [0.15, 0.2) is 133 Å². The van der Waals surface area contributed by atoms with Crippen molar-refractivity contribution in [2.24, 2.45) is 11.8 Å². The Bertz CT molecular complexity index is 2710. The minimum atomic E-state index is -4.09. The number of nitrogens with zero attached hydrogens (tertiary/aromatic N) is 1. The highest BCUT2D eigenvalue weighted by molar-refractivity contribution is 7.96. The molecule has 346 valence electrons. The van der Waals surface area contributed by atoms with Crippen LogP contribution in [-0.4, -0.2) is 81.3 Å². The molecule has 15 heteroatoms. The quantitative estimate of drug-likeness (QED) is 0.0257. The van der Waals surface area contributed by atoms with Crippen LogP contribution in [-0.2, 0) is 51.1 Å². The summed E-state index contributed by atoms with van der Waals surface area (Å²) in [5.74, 6) is -4.74. The molecule has 2 heterocycles. The van der Waals surface area contributed by atoms with Gasteiger partial charge >= 0.3 is 12.1 Å². The molecule has 66 heavy (non-hydrogen) atoms. The van der Waals surface area contributed by atoms with E-state index in [4.69, 9.17) is 13.9 Å². The fraction of sp³-hybridized carbons (Fsp3) is 0.314. The molecule has 1 fully saturated rings. The molecule has 0 aliphatic carbocycles. The number of rotatable bonds is 20. The van der Waals surface area contributed by atoms with Gasteiger partial charge in [0.05, 0.1) is 17.6 Å². The van der Waals surface area contributed by atoms with Gasteiger partial charge in [-0.05, 0) is 70.0 Å². The van der Waals surface area contributed by atoms with Gasteiger partial charge in [-0.15, -0.1) is 0 Å². The maximum absolute atomic E-state index is 15.1. The number of carboxylic acid groups (broad SMARTS) is 1. The fourth-order valence-electron chi connectivity index (χ4n) is 9.83. The second-order valence-corrected chi connectivity index (χ2v) is 26.5. The van der Waals surface area contributed by atoms with Gasteiger partial charge in [-0.1, -0.05) is 150 Å². The zero-order chi connectivity index (χ0) is 47.4. The summed E-state index contributed by atoms with van der Waals surface area (Å²) in [5, 5.41) is 14.9. The van der Waals surface area contributed by atoms with E-state index in [2.05, 4.69) is 32.1 Å². The predicted octanol–water partition coefficient (Wildman–Crippen LogP) is 8.03. The van der Waals surface area contributed by atoms with E-state index in [1.807, 2.05) is 97.1 Å². The van der Waals surface area contributed by atoms with E-state index in [0.29, 0.717) is 40.0 Å². The van der Waals surface area contributed by atoms with Crippen LogP contribution in [0.2, 0.25) is 18.1 Å². The second kappa shape index (κ2) is 20.0. The molecular formula is C51H57N2O10PSSi. The Morgan fingerprint density at radius 2 is 1.41 bits per heavy atom. The van der Waals surface area contributed by atoms with Gasteiger partial charge in [0.1, 0.15) is 28.8 Å². The average Bonchev–Trinajstić information content (AvgIpc) is 3.61. The SMILES string of the molecule is C=CCOC(=O)O[C@H](C)[C@H]1C(=O)N(C(C(=O)O)=P(c2ccccc2)(c2ccccc2)c2ccccc2)[C@@H]1[C@@H](C)C(=O)Cc1cc(CCO[Si](CC)(CC)CC)c2cccc3c2c1S(=O)(=O)N3. The smallest absolute Gasteiger partial charge is 0.477 e. The van der Waals surface area contributed by atoms with Crippen LogP contribution in [0.1, 0.15) is 45.7 Å². The van der Waals surface area contributed by atoms with Crippen molar-refractivity contribution in [2.45, 2.75) is 82.6 Å². The molecule has 5 aromatic rings. The second-order valence-electron chi connectivity index (χ2n) is 16.8. The Kier molecular flexibility index (Phi) is 14.6. The maximum Gasteiger partial charge on any atom is 0.508 e. The third-order valence-corrected chi connectivity index (χ3v) is 23.8. The van der Waals surface area contributed by atoms with E-state index >= 15 is 9.59 Å². The molecule has 2 aliphatic rings. The number of hydrogen-bond donors (Lipinski definition) is 2. The number of amides is 1. The van der Waals surface area contributed by atoms with Crippen LogP contribution >= 0.6 is 6.89 Å². The van der Waals surface area contributed by atoms with Crippen molar-refractivity contribution in [3.8, 4) is 0 Å². The zero-order valence-electron chi connectivity index (χ0n) is 37.9. The Balaban J connectivity index is 1.39. The number of ketones is 1. The first-order valence-electron chi connectivity index (χ1n) is 22.4. The summed E-state index contributed by atoms with van der Waals surface area (Å²) < 4.78 is 48.0. The summed E-state index contributed by atoms with van der Waals surface area (Å²) in [4.78, 5) is 58.5. The molecule has 12 nitrogen and oxygen atoms in total. The highest BCUT2D eigenvalue weighted by Gasteiger charge is 2.59. The largest absolute Gasteiger partial charge is 0.508 e. The molecule has 0 aromatic heterocycles. The number of carbonyl (C=O) groups is 4. The van der Waals surface area contributed by atoms with E-state index in [0.717, 1.165) is 29.1 Å². The lowest BCUT2D eigenvalue weighted by atomic mass is 9.74. The van der Waals surface area contributed by atoms with Crippen molar-refractivity contribution in [3.05, 3.63) is 139 Å². The molecular weight excluding hydrogens is 892 g/mol. The van der Waals surface area contributed by atoms with E-state index in [1.54, 1.807) is 25.1 Å². The lowest BCUT2D eigenvalue weighted by Gasteiger charge is -2.52. The Morgan fingerprint density at radius 1 is 0.848 bits per heavy atom. The minimum Gasteiger partial charge on any atom is -0.477 e. The number of Topliss-reactive ketones (excluding diaryl/α,β-unsaturated/α-hetero) is 1. The van der Waals surface area contributed by atoms with Gasteiger partial charge in [0, 0.05) is 31.2 Å². The fourth-order valence-corrected chi connectivity index (χ4v) is 18.3. The molecule has 4 atom stereocenters. The Hall–Kier alpha value is -5.79. The van der Waals surface area contributed by atoms with Gasteiger partial charge in [-0.3, -0.25) is 14.3 Å². The Labute approximate surface area is 388 Å². The summed E-state index contributed by atoms with van der Waals surface area (Å²) in [7, 11) is -6.05. The topological polar surface area (TPSA) is 166 Å². The molecule has 0 unspecified atom stereocenters. The first kappa shape index (κ1) is 48.1. The number of anilines is 1. The van der Waals surface area contributed by atoms with Gasteiger partial charge < -0.3 is 23.9 Å². The number of nitrogens with one attached hydrogen (secondary N) is 1. The van der Waals surface area contributed by atoms with E-state index in [-0.39, 0.29) is 28.9 Å². The summed E-state index contributed by atoms with van der Waals surface area (Å²) in [6.07, 6.45) is -0.730. The highest BCUT2D eigenvalue weighted by Crippen LogP contribution is 2.51. The van der Waals surface area contributed by atoms with Crippen LogP contribution in [0.3, 0.4) is 0 Å². The molecule has 0 saturated carbocycles. The first-order valence-corrected chi connectivity index (χ1v) is 28.2. The third-order valence-electron chi connectivity index (χ3n) is 13.4.